The topological polar surface area (TPSA) is 138 Å². The number of amides is 1. The molecule has 0 radical (unpaired) electrons. The number of nitro benzene ring substituents is 1. The first-order valence-electron chi connectivity index (χ1n) is 11.6. The largest absolute Gasteiger partial charge is 0.461 e. The lowest BCUT2D eigenvalue weighted by molar-refractivity contribution is -0.384. The molecular weight excluding hydrogens is 521 g/mol. The normalized spacial score (nSPS) is 20.6. The van der Waals surface area contributed by atoms with Crippen LogP contribution in [0, 0.1) is 10.1 Å². The van der Waals surface area contributed by atoms with Crippen LogP contribution in [0.3, 0.4) is 0 Å². The number of ether oxygens (including phenoxy) is 1. The lowest BCUT2D eigenvalue weighted by atomic mass is 10.1. The standard InChI is InChI=1S/C24H32N3O8PS/c1-15(28)33-13-17-14-37-22-19(25-12-16-8-10-18(11-9-16)27(30)31)20(29)26(22)21(17)36(32,34-23(2,3)4)35-24(5,6)7/h8-12,19,22H,13-14H2,1-7H3/t19-,22-/m0/s1. The van der Waals surface area contributed by atoms with E-state index in [9.17, 15) is 24.3 Å². The van der Waals surface area contributed by atoms with E-state index in [2.05, 4.69) is 4.99 Å². The Hall–Kier alpha value is -2.53. The minimum Gasteiger partial charge on any atom is -0.461 e. The van der Waals surface area contributed by atoms with Gasteiger partial charge in [-0.3, -0.25) is 43.2 Å². The highest BCUT2D eigenvalue weighted by molar-refractivity contribution is 8.00. The number of esters is 1. The molecule has 1 amide bonds. The number of thioether (sulfide) groups is 1. The molecule has 3 rings (SSSR count). The molecule has 0 spiro atoms. The van der Waals surface area contributed by atoms with Crippen molar-refractivity contribution in [1.29, 1.82) is 0 Å². The fourth-order valence-electron chi connectivity index (χ4n) is 3.69. The van der Waals surface area contributed by atoms with Gasteiger partial charge in [0, 0.05) is 36.6 Å². The number of rotatable bonds is 8. The minimum absolute atomic E-state index is 0.0468. The third-order valence-corrected chi connectivity index (χ3v) is 8.92. The van der Waals surface area contributed by atoms with Gasteiger partial charge in [-0.2, -0.15) is 0 Å². The fraction of sp³-hybridized carbons (Fsp3) is 0.542. The van der Waals surface area contributed by atoms with Gasteiger partial charge in [0.25, 0.3) is 11.6 Å². The summed E-state index contributed by atoms with van der Waals surface area (Å²) in [6.07, 6.45) is 1.48. The number of aliphatic imine (C=N–C) groups is 1. The Morgan fingerprint density at radius 1 is 1.19 bits per heavy atom. The van der Waals surface area contributed by atoms with Crippen LogP contribution in [0.2, 0.25) is 0 Å². The Morgan fingerprint density at radius 2 is 1.76 bits per heavy atom. The summed E-state index contributed by atoms with van der Waals surface area (Å²) in [5.41, 5.74) is -0.631. The van der Waals surface area contributed by atoms with Crippen molar-refractivity contribution in [1.82, 2.24) is 4.90 Å². The highest BCUT2D eigenvalue weighted by Crippen LogP contribution is 2.66. The molecule has 13 heteroatoms. The molecule has 202 valence electrons. The van der Waals surface area contributed by atoms with Gasteiger partial charge in [0.15, 0.2) is 6.04 Å². The van der Waals surface area contributed by atoms with Gasteiger partial charge in [0.2, 0.25) is 0 Å². The molecular formula is C24H32N3O8PS. The van der Waals surface area contributed by atoms with Crippen molar-refractivity contribution in [2.45, 2.75) is 71.1 Å². The van der Waals surface area contributed by atoms with E-state index in [4.69, 9.17) is 13.8 Å². The van der Waals surface area contributed by atoms with Gasteiger partial charge in [-0.1, -0.05) is 0 Å². The van der Waals surface area contributed by atoms with Crippen LogP contribution in [0.5, 0.6) is 0 Å². The van der Waals surface area contributed by atoms with Gasteiger partial charge < -0.3 is 4.74 Å². The first-order chi connectivity index (χ1) is 17.0. The Morgan fingerprint density at radius 3 is 2.24 bits per heavy atom. The first-order valence-corrected chi connectivity index (χ1v) is 14.2. The molecule has 1 aromatic carbocycles. The Kier molecular flexibility index (Phi) is 8.38. The molecule has 2 aliphatic rings. The van der Waals surface area contributed by atoms with Crippen LogP contribution in [0.4, 0.5) is 5.69 Å². The van der Waals surface area contributed by atoms with E-state index in [1.54, 1.807) is 53.7 Å². The second-order valence-corrected chi connectivity index (χ2v) is 13.5. The molecule has 0 bridgehead atoms. The van der Waals surface area contributed by atoms with Gasteiger partial charge in [-0.05, 0) is 59.2 Å². The summed E-state index contributed by atoms with van der Waals surface area (Å²) in [5, 5.41) is 10.4. The average Bonchev–Trinajstić information content (AvgIpc) is 2.74. The molecule has 1 saturated heterocycles. The van der Waals surface area contributed by atoms with Crippen LogP contribution in [0.1, 0.15) is 54.0 Å². The van der Waals surface area contributed by atoms with Crippen LogP contribution >= 0.6 is 19.4 Å². The summed E-state index contributed by atoms with van der Waals surface area (Å²) in [4.78, 5) is 41.1. The van der Waals surface area contributed by atoms with E-state index >= 15 is 0 Å². The van der Waals surface area contributed by atoms with Gasteiger partial charge in [-0.25, -0.2) is 0 Å². The highest BCUT2D eigenvalue weighted by Gasteiger charge is 2.58. The molecule has 0 aromatic heterocycles. The number of non-ortho nitro benzene ring substituents is 1. The SMILES string of the molecule is CC(=O)OCC1=C(P(=O)(OC(C)(C)C)OC(C)(C)C)N2C(=O)[C@H](N=Cc3ccc([N+](=O)[O-])cc3)[C@@H]2SC1. The summed E-state index contributed by atoms with van der Waals surface area (Å²) in [7, 11) is -4.09. The van der Waals surface area contributed by atoms with Crippen molar-refractivity contribution in [3.8, 4) is 0 Å². The van der Waals surface area contributed by atoms with Crippen molar-refractivity contribution in [2.24, 2.45) is 4.99 Å². The smallest absolute Gasteiger partial charge is 0.378 e. The number of nitro groups is 1. The van der Waals surface area contributed by atoms with E-state index in [1.165, 1.54) is 41.9 Å². The molecule has 2 heterocycles. The summed E-state index contributed by atoms with van der Waals surface area (Å²) in [6.45, 7) is 11.5. The number of hydrogen-bond acceptors (Lipinski definition) is 10. The van der Waals surface area contributed by atoms with E-state index in [0.717, 1.165) is 0 Å². The average molecular weight is 554 g/mol. The molecule has 2 atom stereocenters. The van der Waals surface area contributed by atoms with Gasteiger partial charge in [-0.15, -0.1) is 11.8 Å². The van der Waals surface area contributed by atoms with Crippen LogP contribution < -0.4 is 0 Å². The van der Waals surface area contributed by atoms with Crippen molar-refractivity contribution < 1.29 is 32.9 Å². The van der Waals surface area contributed by atoms with Crippen molar-refractivity contribution in [2.75, 3.05) is 12.4 Å². The summed E-state index contributed by atoms with van der Waals surface area (Å²) in [5.74, 6) is -0.588. The second kappa shape index (κ2) is 10.7. The second-order valence-electron chi connectivity index (χ2n) is 10.6. The summed E-state index contributed by atoms with van der Waals surface area (Å²) < 4.78 is 31.7. The Bertz CT molecular complexity index is 1160. The zero-order valence-electron chi connectivity index (χ0n) is 21.9. The number of benzene rings is 1. The lowest BCUT2D eigenvalue weighted by Crippen LogP contribution is -2.63. The highest BCUT2D eigenvalue weighted by atomic mass is 32.2. The maximum atomic E-state index is 14.4. The van der Waals surface area contributed by atoms with E-state index in [1.807, 2.05) is 0 Å². The zero-order valence-corrected chi connectivity index (χ0v) is 23.6. The third-order valence-electron chi connectivity index (χ3n) is 4.97. The number of hydrogen-bond donors (Lipinski definition) is 0. The molecule has 2 aliphatic heterocycles. The number of carbonyl (C=O) groups excluding carboxylic acids is 2. The minimum atomic E-state index is -4.09. The fourth-order valence-corrected chi connectivity index (χ4v) is 7.87. The van der Waals surface area contributed by atoms with Crippen LogP contribution in [0.25, 0.3) is 0 Å². The number of carbonyl (C=O) groups is 2. The molecule has 1 fully saturated rings. The van der Waals surface area contributed by atoms with E-state index in [-0.39, 0.29) is 17.7 Å². The molecule has 11 nitrogen and oxygen atoms in total. The van der Waals surface area contributed by atoms with E-state index < -0.39 is 47.0 Å². The lowest BCUT2D eigenvalue weighted by Gasteiger charge is -2.50. The van der Waals surface area contributed by atoms with Gasteiger partial charge >= 0.3 is 13.6 Å². The predicted octanol–water partition coefficient (Wildman–Crippen LogP) is 4.90. The number of nitrogens with zero attached hydrogens (tertiary/aromatic N) is 3. The quantitative estimate of drug-likeness (QED) is 0.110. The molecule has 37 heavy (non-hydrogen) atoms. The molecule has 1 aromatic rings. The summed E-state index contributed by atoms with van der Waals surface area (Å²) >= 11 is 1.40. The molecule has 0 N–H and O–H groups in total. The van der Waals surface area contributed by atoms with Crippen molar-refractivity contribution in [3.05, 3.63) is 51.0 Å². The maximum absolute atomic E-state index is 14.4. The van der Waals surface area contributed by atoms with Crippen molar-refractivity contribution in [3.63, 3.8) is 0 Å². The number of fused-ring (bicyclic) bond motifs is 1. The molecule has 0 saturated carbocycles. The van der Waals surface area contributed by atoms with Crippen LogP contribution in [0.15, 0.2) is 40.3 Å². The zero-order chi connectivity index (χ0) is 27.8. The van der Waals surface area contributed by atoms with Gasteiger partial charge in [0.05, 0.1) is 16.1 Å². The van der Waals surface area contributed by atoms with Crippen LogP contribution in [-0.4, -0.2) is 62.9 Å². The third kappa shape index (κ3) is 7.07. The molecule has 0 unspecified atom stereocenters. The predicted molar refractivity (Wildman–Crippen MR) is 141 cm³/mol. The maximum Gasteiger partial charge on any atom is 0.378 e. The monoisotopic (exact) mass is 553 g/mol. The van der Waals surface area contributed by atoms with Crippen LogP contribution in [-0.2, 0) is 27.9 Å². The van der Waals surface area contributed by atoms with Gasteiger partial charge in [0.1, 0.15) is 17.4 Å². The summed E-state index contributed by atoms with van der Waals surface area (Å²) in [6, 6.07) is 5.04. The van der Waals surface area contributed by atoms with E-state index in [0.29, 0.717) is 16.9 Å². The Labute approximate surface area is 220 Å². The Balaban J connectivity index is 1.97. The van der Waals surface area contributed by atoms with Crippen molar-refractivity contribution >= 4 is 43.1 Å². The number of β-lactam (4-membered cyclic amide) rings is 1. The molecule has 0 aliphatic carbocycles. The first kappa shape index (κ1) is 29.0.